The quantitative estimate of drug-likeness (QED) is 0.707. The van der Waals surface area contributed by atoms with Crippen molar-refractivity contribution in [1.29, 1.82) is 0 Å². The van der Waals surface area contributed by atoms with E-state index in [0.29, 0.717) is 18.3 Å². The summed E-state index contributed by atoms with van der Waals surface area (Å²) >= 11 is 0. The van der Waals surface area contributed by atoms with Gasteiger partial charge in [0, 0.05) is 12.6 Å². The number of hydrogen-bond donors (Lipinski definition) is 2. The predicted molar refractivity (Wildman–Crippen MR) is 89.5 cm³/mol. The van der Waals surface area contributed by atoms with E-state index < -0.39 is 18.0 Å². The lowest BCUT2D eigenvalue weighted by Gasteiger charge is -2.23. The first-order valence-electron chi connectivity index (χ1n) is 8.73. The lowest BCUT2D eigenvalue weighted by molar-refractivity contribution is -0.131. The highest BCUT2D eigenvalue weighted by molar-refractivity contribution is 6.05. The van der Waals surface area contributed by atoms with Gasteiger partial charge in [0.1, 0.15) is 11.8 Å². The highest BCUT2D eigenvalue weighted by Crippen LogP contribution is 2.16. The molecule has 4 amide bonds. The molecule has 2 aliphatic rings. The van der Waals surface area contributed by atoms with E-state index in [2.05, 4.69) is 22.5 Å². The molecular formula is C17H24N4O4. The fourth-order valence-electron chi connectivity index (χ4n) is 3.46. The molecule has 0 aromatic carbocycles. The lowest BCUT2D eigenvalue weighted by Crippen LogP contribution is -2.42. The van der Waals surface area contributed by atoms with E-state index in [1.807, 2.05) is 0 Å². The Morgan fingerprint density at radius 3 is 3.00 bits per heavy atom. The van der Waals surface area contributed by atoms with E-state index >= 15 is 0 Å². The minimum atomic E-state index is -0.812. The van der Waals surface area contributed by atoms with Crippen LogP contribution in [0.5, 0.6) is 0 Å². The van der Waals surface area contributed by atoms with Crippen molar-refractivity contribution in [2.24, 2.45) is 0 Å². The number of nitrogens with zero attached hydrogens (tertiary/aromatic N) is 2. The minimum absolute atomic E-state index is 0.0436. The number of hydrogen-bond acceptors (Lipinski definition) is 5. The van der Waals surface area contributed by atoms with Crippen LogP contribution in [0.4, 0.5) is 4.79 Å². The van der Waals surface area contributed by atoms with Crippen LogP contribution in [0.1, 0.15) is 31.9 Å². The predicted octanol–water partition coefficient (Wildman–Crippen LogP) is 0.691. The zero-order valence-electron chi connectivity index (χ0n) is 14.4. The average molecular weight is 348 g/mol. The minimum Gasteiger partial charge on any atom is -0.467 e. The number of rotatable bonds is 7. The Balaban J connectivity index is 1.48. The fourth-order valence-corrected chi connectivity index (χ4v) is 3.46. The molecule has 3 heterocycles. The first-order valence-corrected chi connectivity index (χ1v) is 8.73. The summed E-state index contributed by atoms with van der Waals surface area (Å²) in [6.07, 6.45) is 3.66. The maximum absolute atomic E-state index is 12.3. The van der Waals surface area contributed by atoms with Crippen molar-refractivity contribution in [3.63, 3.8) is 0 Å². The van der Waals surface area contributed by atoms with Crippen LogP contribution in [-0.2, 0) is 16.1 Å². The lowest BCUT2D eigenvalue weighted by atomic mass is 10.1. The molecule has 0 spiro atoms. The van der Waals surface area contributed by atoms with Gasteiger partial charge in [0.05, 0.1) is 19.2 Å². The first kappa shape index (κ1) is 17.5. The van der Waals surface area contributed by atoms with Crippen molar-refractivity contribution >= 4 is 17.8 Å². The zero-order valence-corrected chi connectivity index (χ0v) is 14.4. The summed E-state index contributed by atoms with van der Waals surface area (Å²) in [5.74, 6) is -0.0939. The normalized spacial score (nSPS) is 24.0. The molecule has 2 fully saturated rings. The molecular weight excluding hydrogens is 324 g/mol. The number of likely N-dealkylation sites (N-methyl/N-ethyl adjacent to an activating group) is 1. The van der Waals surface area contributed by atoms with Crippen molar-refractivity contribution in [3.8, 4) is 0 Å². The molecule has 136 valence electrons. The molecule has 0 radical (unpaired) electrons. The van der Waals surface area contributed by atoms with Crippen molar-refractivity contribution < 1.29 is 18.8 Å². The van der Waals surface area contributed by atoms with Gasteiger partial charge in [0.15, 0.2) is 0 Å². The van der Waals surface area contributed by atoms with Crippen LogP contribution in [0.25, 0.3) is 0 Å². The maximum atomic E-state index is 12.3. The standard InChI is InChI=1S/C17H24N4O4/c1-2-20-7-3-5-12(20)10-18-15(22)9-14-16(23)21(17(24)19-14)11-13-6-4-8-25-13/h4,6,8,12,14H,2-3,5,7,9-11H2,1H3,(H,18,22)(H,19,24)/t12-,14-/m0/s1. The summed E-state index contributed by atoms with van der Waals surface area (Å²) in [5.41, 5.74) is 0. The number of nitrogens with one attached hydrogen (secondary N) is 2. The number of amides is 4. The SMILES string of the molecule is CCN1CCC[C@H]1CNC(=O)C[C@@H]1NC(=O)N(Cc2ccco2)C1=O. The first-order chi connectivity index (χ1) is 12.1. The summed E-state index contributed by atoms with van der Waals surface area (Å²) in [6, 6.07) is 2.45. The fraction of sp³-hybridized carbons (Fsp3) is 0.588. The smallest absolute Gasteiger partial charge is 0.325 e. The summed E-state index contributed by atoms with van der Waals surface area (Å²) in [7, 11) is 0. The van der Waals surface area contributed by atoms with Gasteiger partial charge in [0.2, 0.25) is 5.91 Å². The van der Waals surface area contributed by atoms with Gasteiger partial charge in [-0.15, -0.1) is 0 Å². The molecule has 8 nitrogen and oxygen atoms in total. The third kappa shape index (κ3) is 4.01. The van der Waals surface area contributed by atoms with E-state index in [-0.39, 0.29) is 18.9 Å². The van der Waals surface area contributed by atoms with Crippen LogP contribution in [0.15, 0.2) is 22.8 Å². The van der Waals surface area contributed by atoms with Crippen LogP contribution in [0, 0.1) is 0 Å². The van der Waals surface area contributed by atoms with E-state index in [0.717, 1.165) is 30.8 Å². The van der Waals surface area contributed by atoms with Crippen LogP contribution < -0.4 is 10.6 Å². The van der Waals surface area contributed by atoms with Crippen molar-refractivity contribution in [2.45, 2.75) is 44.8 Å². The van der Waals surface area contributed by atoms with Crippen LogP contribution >= 0.6 is 0 Å². The molecule has 2 N–H and O–H groups in total. The zero-order chi connectivity index (χ0) is 17.8. The molecule has 1 aromatic heterocycles. The van der Waals surface area contributed by atoms with Gasteiger partial charge in [-0.05, 0) is 38.1 Å². The number of urea groups is 1. The number of imide groups is 1. The van der Waals surface area contributed by atoms with Gasteiger partial charge >= 0.3 is 6.03 Å². The van der Waals surface area contributed by atoms with Crippen LogP contribution in [-0.4, -0.2) is 59.4 Å². The van der Waals surface area contributed by atoms with Gasteiger partial charge in [0.25, 0.3) is 5.91 Å². The number of furan rings is 1. The molecule has 2 atom stereocenters. The second-order valence-electron chi connectivity index (χ2n) is 6.44. The third-order valence-electron chi connectivity index (χ3n) is 4.83. The topological polar surface area (TPSA) is 94.9 Å². The molecule has 2 aliphatic heterocycles. The Kier molecular flexibility index (Phi) is 5.37. The second kappa shape index (κ2) is 7.69. The highest BCUT2D eigenvalue weighted by atomic mass is 16.3. The molecule has 8 heteroatoms. The summed E-state index contributed by atoms with van der Waals surface area (Å²) in [5, 5.41) is 5.46. The Morgan fingerprint density at radius 2 is 2.28 bits per heavy atom. The van der Waals surface area contributed by atoms with Gasteiger partial charge in [-0.1, -0.05) is 6.92 Å². The number of carbonyl (C=O) groups excluding carboxylic acids is 3. The second-order valence-corrected chi connectivity index (χ2v) is 6.44. The van der Waals surface area contributed by atoms with Gasteiger partial charge in [-0.3, -0.25) is 19.4 Å². The van der Waals surface area contributed by atoms with Crippen molar-refractivity contribution in [3.05, 3.63) is 24.2 Å². The largest absolute Gasteiger partial charge is 0.467 e. The summed E-state index contributed by atoms with van der Waals surface area (Å²) < 4.78 is 5.17. The molecule has 25 heavy (non-hydrogen) atoms. The number of carbonyl (C=O) groups is 3. The van der Waals surface area contributed by atoms with Gasteiger partial charge in [-0.2, -0.15) is 0 Å². The molecule has 0 bridgehead atoms. The molecule has 3 rings (SSSR count). The average Bonchev–Trinajstić information content (AvgIpc) is 3.31. The molecule has 0 saturated carbocycles. The Bertz CT molecular complexity index is 631. The van der Waals surface area contributed by atoms with E-state index in [9.17, 15) is 14.4 Å². The van der Waals surface area contributed by atoms with Gasteiger partial charge in [-0.25, -0.2) is 4.79 Å². The Labute approximate surface area is 146 Å². The Morgan fingerprint density at radius 1 is 1.44 bits per heavy atom. The number of likely N-dealkylation sites (tertiary alicyclic amines) is 1. The summed E-state index contributed by atoms with van der Waals surface area (Å²) in [6.45, 7) is 4.80. The Hall–Kier alpha value is -2.35. The molecule has 0 unspecified atom stereocenters. The maximum Gasteiger partial charge on any atom is 0.325 e. The third-order valence-corrected chi connectivity index (χ3v) is 4.83. The van der Waals surface area contributed by atoms with Crippen LogP contribution in [0.3, 0.4) is 0 Å². The van der Waals surface area contributed by atoms with Crippen LogP contribution in [0.2, 0.25) is 0 Å². The molecule has 1 aromatic rings. The van der Waals surface area contributed by atoms with E-state index in [1.54, 1.807) is 12.1 Å². The van der Waals surface area contributed by atoms with Gasteiger partial charge < -0.3 is 15.1 Å². The summed E-state index contributed by atoms with van der Waals surface area (Å²) in [4.78, 5) is 39.9. The van der Waals surface area contributed by atoms with E-state index in [4.69, 9.17) is 4.42 Å². The molecule has 2 saturated heterocycles. The van der Waals surface area contributed by atoms with E-state index in [1.165, 1.54) is 6.26 Å². The van der Waals surface area contributed by atoms with Crippen molar-refractivity contribution in [1.82, 2.24) is 20.4 Å². The highest BCUT2D eigenvalue weighted by Gasteiger charge is 2.39. The van der Waals surface area contributed by atoms with Crippen molar-refractivity contribution in [2.75, 3.05) is 19.6 Å². The monoisotopic (exact) mass is 348 g/mol. The molecule has 0 aliphatic carbocycles.